The van der Waals surface area contributed by atoms with E-state index < -0.39 is 35.3 Å². The number of aryl methyl sites for hydroxylation is 2. The van der Waals surface area contributed by atoms with Crippen LogP contribution in [-0.4, -0.2) is 29.3 Å². The van der Waals surface area contributed by atoms with Gasteiger partial charge in [-0.15, -0.1) is 0 Å². The first-order valence-electron chi connectivity index (χ1n) is 9.41. The summed E-state index contributed by atoms with van der Waals surface area (Å²) >= 11 is 0. The Hall–Kier alpha value is -3.40. The highest BCUT2D eigenvalue weighted by Crippen LogP contribution is 2.56. The Morgan fingerprint density at radius 3 is 2.09 bits per heavy atom. The first-order valence-corrected chi connectivity index (χ1v) is 9.41. The van der Waals surface area contributed by atoms with Gasteiger partial charge in [-0.05, 0) is 42.7 Å². The fourth-order valence-corrected chi connectivity index (χ4v) is 3.25. The second-order valence-corrected chi connectivity index (χ2v) is 7.33. The number of rotatable bonds is 5. The number of benzene rings is 2. The van der Waals surface area contributed by atoms with E-state index in [0.717, 1.165) is 13.0 Å². The summed E-state index contributed by atoms with van der Waals surface area (Å²) in [5.74, 6) is -7.42. The molecule has 1 unspecified atom stereocenters. The first-order chi connectivity index (χ1) is 15.4. The number of nitrogens with one attached hydrogen (secondary N) is 1. The number of aliphatic hydroxyl groups is 1. The summed E-state index contributed by atoms with van der Waals surface area (Å²) in [5.41, 5.74) is -2.43. The molecule has 0 bridgehead atoms. The number of nitrogen functional groups attached to an aromatic ring is 1. The molecule has 5 nitrogen and oxygen atoms in total. The van der Waals surface area contributed by atoms with Crippen molar-refractivity contribution in [2.75, 3.05) is 11.1 Å². The minimum atomic E-state index is -6.72. The lowest BCUT2D eigenvalue weighted by Crippen LogP contribution is -2.62. The van der Waals surface area contributed by atoms with Crippen LogP contribution in [0.5, 0.6) is 0 Å². The molecule has 1 amide bonds. The molecule has 0 spiro atoms. The molecule has 184 valence electrons. The molecule has 0 radical (unpaired) electrons. The molecule has 0 saturated carbocycles. The maximum atomic E-state index is 14.0. The third-order valence-electron chi connectivity index (χ3n) is 5.11. The van der Waals surface area contributed by atoms with Gasteiger partial charge in [-0.3, -0.25) is 4.79 Å². The van der Waals surface area contributed by atoms with Crippen LogP contribution in [-0.2, 0) is 12.0 Å². The van der Waals surface area contributed by atoms with E-state index in [4.69, 9.17) is 11.0 Å². The summed E-state index contributed by atoms with van der Waals surface area (Å²) in [6.45, 7) is 2.41. The standard InChI is InChI=1S/C21H17F8N3O2/c1-3-11-7-14(18(34,20(24,25)26)19(22,23)21(27,28)29)6-10(2)16(11)32-17(33)12-4-5-13(9-30)15(31)8-12/h4-8,34H,3,31H2,1-2H3,(H,32,33). The highest BCUT2D eigenvalue weighted by Gasteiger charge is 2.80. The van der Waals surface area contributed by atoms with Crippen molar-refractivity contribution in [1.29, 1.82) is 5.26 Å². The number of halogens is 8. The molecule has 0 aliphatic carbocycles. The van der Waals surface area contributed by atoms with Crippen LogP contribution < -0.4 is 11.1 Å². The number of nitrogens with zero attached hydrogens (tertiary/aromatic N) is 1. The van der Waals surface area contributed by atoms with Crippen LogP contribution in [0.1, 0.15) is 39.5 Å². The molecule has 13 heteroatoms. The van der Waals surface area contributed by atoms with Gasteiger partial charge in [0.25, 0.3) is 11.5 Å². The summed E-state index contributed by atoms with van der Waals surface area (Å²) in [7, 11) is 0. The molecule has 0 aliphatic rings. The molecule has 0 saturated heterocycles. The van der Waals surface area contributed by atoms with Crippen LogP contribution in [0.2, 0.25) is 0 Å². The third kappa shape index (κ3) is 4.37. The Labute approximate surface area is 187 Å². The number of nitriles is 1. The lowest BCUT2D eigenvalue weighted by molar-refractivity contribution is -0.409. The average molecular weight is 495 g/mol. The Bertz CT molecular complexity index is 1150. The van der Waals surface area contributed by atoms with Crippen molar-refractivity contribution in [1.82, 2.24) is 0 Å². The van der Waals surface area contributed by atoms with Crippen LogP contribution in [0.4, 0.5) is 46.5 Å². The van der Waals surface area contributed by atoms with Crippen LogP contribution >= 0.6 is 0 Å². The smallest absolute Gasteiger partial charge is 0.398 e. The monoisotopic (exact) mass is 495 g/mol. The van der Waals surface area contributed by atoms with E-state index >= 15 is 0 Å². The molecule has 34 heavy (non-hydrogen) atoms. The van der Waals surface area contributed by atoms with E-state index in [1.54, 1.807) is 6.07 Å². The van der Waals surface area contributed by atoms with Crippen molar-refractivity contribution < 1.29 is 45.0 Å². The topological polar surface area (TPSA) is 99.1 Å². The normalized spacial score (nSPS) is 14.3. The summed E-state index contributed by atoms with van der Waals surface area (Å²) in [5, 5.41) is 21.1. The first kappa shape index (κ1) is 26.8. The van der Waals surface area contributed by atoms with Crippen molar-refractivity contribution >= 4 is 17.3 Å². The van der Waals surface area contributed by atoms with E-state index in [2.05, 4.69) is 5.32 Å². The average Bonchev–Trinajstić information content (AvgIpc) is 2.72. The molecule has 2 aromatic carbocycles. The maximum Gasteiger partial charge on any atom is 0.457 e. The molecule has 0 aromatic heterocycles. The molecule has 2 rings (SSSR count). The Morgan fingerprint density at radius 1 is 1.06 bits per heavy atom. The highest BCUT2D eigenvalue weighted by molar-refractivity contribution is 6.05. The van der Waals surface area contributed by atoms with Crippen molar-refractivity contribution in [3.8, 4) is 6.07 Å². The molecule has 4 N–H and O–H groups in total. The van der Waals surface area contributed by atoms with Gasteiger partial charge in [0.05, 0.1) is 11.3 Å². The number of amides is 1. The Morgan fingerprint density at radius 2 is 1.65 bits per heavy atom. The Kier molecular flexibility index (Phi) is 6.91. The van der Waals surface area contributed by atoms with E-state index in [9.17, 15) is 45.0 Å². The lowest BCUT2D eigenvalue weighted by Gasteiger charge is -2.38. The van der Waals surface area contributed by atoms with Gasteiger partial charge < -0.3 is 16.2 Å². The Balaban J connectivity index is 2.63. The van der Waals surface area contributed by atoms with Gasteiger partial charge in [-0.25, -0.2) is 0 Å². The molecule has 2 aromatic rings. The predicted molar refractivity (Wildman–Crippen MR) is 105 cm³/mol. The van der Waals surface area contributed by atoms with Crippen LogP contribution in [0, 0.1) is 18.3 Å². The predicted octanol–water partition coefficient (Wildman–Crippen LogP) is 5.21. The van der Waals surface area contributed by atoms with Gasteiger partial charge in [-0.2, -0.15) is 40.4 Å². The van der Waals surface area contributed by atoms with Gasteiger partial charge in [0.1, 0.15) is 6.07 Å². The molecule has 0 heterocycles. The second kappa shape index (κ2) is 8.75. The highest BCUT2D eigenvalue weighted by atomic mass is 19.4. The lowest BCUT2D eigenvalue weighted by atomic mass is 9.83. The van der Waals surface area contributed by atoms with Gasteiger partial charge in [0.2, 0.25) is 0 Å². The fourth-order valence-electron chi connectivity index (χ4n) is 3.25. The summed E-state index contributed by atoms with van der Waals surface area (Å²) in [6, 6.07) is 6.03. The minimum Gasteiger partial charge on any atom is -0.398 e. The van der Waals surface area contributed by atoms with E-state index in [-0.39, 0.29) is 40.0 Å². The van der Waals surface area contributed by atoms with Crippen molar-refractivity contribution in [3.05, 3.63) is 58.1 Å². The van der Waals surface area contributed by atoms with Crippen LogP contribution in [0.25, 0.3) is 0 Å². The van der Waals surface area contributed by atoms with Gasteiger partial charge in [0, 0.05) is 16.8 Å². The van der Waals surface area contributed by atoms with Gasteiger partial charge in [0.15, 0.2) is 0 Å². The van der Waals surface area contributed by atoms with Crippen LogP contribution in [0.15, 0.2) is 30.3 Å². The maximum absolute atomic E-state index is 14.0. The van der Waals surface area contributed by atoms with Gasteiger partial charge in [-0.1, -0.05) is 19.1 Å². The van der Waals surface area contributed by atoms with E-state index in [0.29, 0.717) is 12.1 Å². The number of nitrogens with two attached hydrogens (primary N) is 1. The molecular formula is C21H17F8N3O2. The van der Waals surface area contributed by atoms with Crippen LogP contribution in [0.3, 0.4) is 0 Å². The summed E-state index contributed by atoms with van der Waals surface area (Å²) in [4.78, 5) is 12.6. The quantitative estimate of drug-likeness (QED) is 0.392. The largest absolute Gasteiger partial charge is 0.457 e. The van der Waals surface area contributed by atoms with Crippen molar-refractivity contribution in [2.45, 2.75) is 44.1 Å². The van der Waals surface area contributed by atoms with Crippen molar-refractivity contribution in [3.63, 3.8) is 0 Å². The number of hydrogen-bond donors (Lipinski definition) is 3. The third-order valence-corrected chi connectivity index (χ3v) is 5.11. The van der Waals surface area contributed by atoms with E-state index in [1.165, 1.54) is 19.1 Å². The number of alkyl halides is 8. The number of anilines is 2. The second-order valence-electron chi connectivity index (χ2n) is 7.33. The SMILES string of the molecule is CCc1cc(C(O)(C(F)(F)F)C(F)(F)C(F)(F)F)cc(C)c1NC(=O)c1ccc(C#N)c(N)c1. The summed E-state index contributed by atoms with van der Waals surface area (Å²) < 4.78 is 107. The molecule has 1 atom stereocenters. The van der Waals surface area contributed by atoms with E-state index in [1.807, 2.05) is 0 Å². The zero-order valence-corrected chi connectivity index (χ0v) is 17.5. The molecule has 0 aliphatic heterocycles. The molecule has 0 fully saturated rings. The fraction of sp³-hybridized carbons (Fsp3) is 0.333. The number of hydrogen-bond acceptors (Lipinski definition) is 4. The summed E-state index contributed by atoms with van der Waals surface area (Å²) in [6.07, 6.45) is -13.3. The zero-order valence-electron chi connectivity index (χ0n) is 17.5. The van der Waals surface area contributed by atoms with Gasteiger partial charge >= 0.3 is 18.3 Å². The number of carbonyl (C=O) groups excluding carboxylic acids is 1. The number of carbonyl (C=O) groups is 1. The minimum absolute atomic E-state index is 0.0393. The zero-order chi connectivity index (χ0) is 26.3. The molecular weight excluding hydrogens is 478 g/mol. The van der Waals surface area contributed by atoms with Crippen molar-refractivity contribution in [2.24, 2.45) is 0 Å².